The molecule has 20 heavy (non-hydrogen) atoms. The summed E-state index contributed by atoms with van der Waals surface area (Å²) in [5.74, 6) is -10.4. The highest BCUT2D eigenvalue weighted by atomic mass is 19.2. The Hall–Kier alpha value is -2.19. The van der Waals surface area contributed by atoms with E-state index in [0.717, 1.165) is 0 Å². The lowest BCUT2D eigenvalue weighted by Crippen LogP contribution is -2.13. The van der Waals surface area contributed by atoms with E-state index in [0.29, 0.717) is 11.1 Å². The van der Waals surface area contributed by atoms with E-state index >= 15 is 0 Å². The molecule has 0 bridgehead atoms. The van der Waals surface area contributed by atoms with Gasteiger partial charge in [0.05, 0.1) is 5.69 Å². The van der Waals surface area contributed by atoms with E-state index in [1.807, 2.05) is 0 Å². The highest BCUT2D eigenvalue weighted by Crippen LogP contribution is 2.27. The average Bonchev–Trinajstić information content (AvgIpc) is 2.77. The minimum absolute atomic E-state index is 0.0794. The number of hydrogen-bond donors (Lipinski definition) is 1. The molecule has 1 heterocycles. The Bertz CT molecular complexity index is 638. The van der Waals surface area contributed by atoms with Gasteiger partial charge in [-0.1, -0.05) is 18.6 Å². The zero-order valence-corrected chi connectivity index (χ0v) is 10.2. The molecule has 4 nitrogen and oxygen atoms in total. The summed E-state index contributed by atoms with van der Waals surface area (Å²) in [5, 5.41) is 6.74. The fraction of sp³-hybridized carbons (Fsp3) is 0.273. The number of anilines is 1. The van der Waals surface area contributed by atoms with Gasteiger partial charge in [0.2, 0.25) is 5.82 Å². The van der Waals surface area contributed by atoms with E-state index in [4.69, 9.17) is 5.73 Å². The summed E-state index contributed by atoms with van der Waals surface area (Å²) in [6, 6.07) is 0. The van der Waals surface area contributed by atoms with Gasteiger partial charge >= 0.3 is 0 Å². The highest BCUT2D eigenvalue weighted by Gasteiger charge is 2.29. The molecule has 0 unspecified atom stereocenters. The van der Waals surface area contributed by atoms with E-state index in [-0.39, 0.29) is 17.9 Å². The van der Waals surface area contributed by atoms with Crippen molar-refractivity contribution in [2.45, 2.75) is 19.8 Å². The molecule has 0 saturated heterocycles. The maximum absolute atomic E-state index is 13.7. The summed E-state index contributed by atoms with van der Waals surface area (Å²) >= 11 is 0. The summed E-state index contributed by atoms with van der Waals surface area (Å²) < 4.78 is 67.2. The van der Waals surface area contributed by atoms with Crippen LogP contribution in [0.3, 0.4) is 0 Å². The van der Waals surface area contributed by atoms with Crippen LogP contribution in [0.2, 0.25) is 0 Å². The fourth-order valence-corrected chi connectivity index (χ4v) is 1.74. The number of rotatable bonds is 3. The van der Waals surface area contributed by atoms with Crippen LogP contribution >= 0.6 is 0 Å². The summed E-state index contributed by atoms with van der Waals surface area (Å²) in [5.41, 5.74) is 4.36. The summed E-state index contributed by atoms with van der Waals surface area (Å²) in [7, 11) is 0. The first-order chi connectivity index (χ1) is 9.40. The molecule has 0 radical (unpaired) electrons. The van der Waals surface area contributed by atoms with Gasteiger partial charge in [-0.25, -0.2) is 26.6 Å². The molecule has 0 amide bonds. The van der Waals surface area contributed by atoms with Crippen molar-refractivity contribution in [2.75, 3.05) is 5.73 Å². The van der Waals surface area contributed by atoms with Gasteiger partial charge in [0.15, 0.2) is 29.1 Å². The summed E-state index contributed by atoms with van der Waals surface area (Å²) in [6.45, 7) is 1.75. The van der Waals surface area contributed by atoms with Crippen LogP contribution in [0, 0.1) is 29.1 Å². The highest BCUT2D eigenvalue weighted by molar-refractivity contribution is 5.43. The maximum Gasteiger partial charge on any atom is 0.200 e. The Kier molecular flexibility index (Phi) is 3.60. The lowest BCUT2D eigenvalue weighted by atomic mass is 10.2. The largest absolute Gasteiger partial charge is 0.381 e. The number of aromatic nitrogens is 3. The molecule has 0 aliphatic carbocycles. The molecule has 0 fully saturated rings. The number of nitrogen functional groups attached to an aromatic ring is 1. The number of halogens is 5. The molecule has 0 atom stereocenters. The predicted molar refractivity (Wildman–Crippen MR) is 59.6 cm³/mol. The van der Waals surface area contributed by atoms with Gasteiger partial charge < -0.3 is 5.73 Å². The molecule has 1 aromatic heterocycles. The van der Waals surface area contributed by atoms with E-state index in [1.54, 1.807) is 6.92 Å². The molecule has 2 aromatic rings. The smallest absolute Gasteiger partial charge is 0.200 e. The standard InChI is InChI=1S/C11H9F5N4/c1-2-3-4-11(17)18-19-20(4)10-8(15)6(13)5(12)7(14)9(10)16/h2-3,17H2,1H3. The second kappa shape index (κ2) is 5.06. The van der Waals surface area contributed by atoms with Gasteiger partial charge in [-0.15, -0.1) is 5.10 Å². The Balaban J connectivity index is 2.77. The van der Waals surface area contributed by atoms with Crippen LogP contribution in [0.15, 0.2) is 0 Å². The molecular weight excluding hydrogens is 283 g/mol. The Morgan fingerprint density at radius 1 is 0.950 bits per heavy atom. The van der Waals surface area contributed by atoms with Crippen molar-refractivity contribution in [3.05, 3.63) is 34.8 Å². The SMILES string of the molecule is CCCc1c(N)nnn1-c1c(F)c(F)c(F)c(F)c1F. The first-order valence-corrected chi connectivity index (χ1v) is 5.62. The summed E-state index contributed by atoms with van der Waals surface area (Å²) in [4.78, 5) is 0. The quantitative estimate of drug-likeness (QED) is 0.537. The molecule has 0 aliphatic rings. The van der Waals surface area contributed by atoms with Gasteiger partial charge in [-0.05, 0) is 6.42 Å². The maximum atomic E-state index is 13.7. The lowest BCUT2D eigenvalue weighted by molar-refractivity contribution is 0.372. The Morgan fingerprint density at radius 3 is 1.95 bits per heavy atom. The third-order valence-electron chi connectivity index (χ3n) is 2.68. The predicted octanol–water partition coefficient (Wildman–Crippen LogP) is 2.50. The molecule has 1 aromatic carbocycles. The van der Waals surface area contributed by atoms with Gasteiger partial charge in [-0.2, -0.15) is 0 Å². The minimum atomic E-state index is -2.23. The van der Waals surface area contributed by atoms with Gasteiger partial charge in [0.1, 0.15) is 5.69 Å². The van der Waals surface area contributed by atoms with Crippen molar-refractivity contribution in [1.29, 1.82) is 0 Å². The van der Waals surface area contributed by atoms with Crippen LogP contribution in [0.25, 0.3) is 5.69 Å². The normalized spacial score (nSPS) is 11.1. The fourth-order valence-electron chi connectivity index (χ4n) is 1.74. The molecule has 108 valence electrons. The zero-order valence-electron chi connectivity index (χ0n) is 10.2. The van der Waals surface area contributed by atoms with Crippen molar-refractivity contribution in [3.8, 4) is 5.69 Å². The zero-order chi connectivity index (χ0) is 15.0. The number of nitrogens with zero attached hydrogens (tertiary/aromatic N) is 3. The summed E-state index contributed by atoms with van der Waals surface area (Å²) in [6.07, 6.45) is 0.741. The molecule has 2 rings (SSSR count). The van der Waals surface area contributed by atoms with Crippen LogP contribution in [-0.2, 0) is 6.42 Å². The second-order valence-electron chi connectivity index (χ2n) is 4.00. The van der Waals surface area contributed by atoms with E-state index in [1.165, 1.54) is 0 Å². The third-order valence-corrected chi connectivity index (χ3v) is 2.68. The second-order valence-corrected chi connectivity index (χ2v) is 4.00. The van der Waals surface area contributed by atoms with Crippen LogP contribution in [0.1, 0.15) is 19.0 Å². The average molecular weight is 292 g/mol. The molecule has 0 aliphatic heterocycles. The third kappa shape index (κ3) is 1.98. The topological polar surface area (TPSA) is 56.7 Å². The number of hydrogen-bond acceptors (Lipinski definition) is 3. The molecule has 2 N–H and O–H groups in total. The van der Waals surface area contributed by atoms with Crippen molar-refractivity contribution in [2.24, 2.45) is 0 Å². The van der Waals surface area contributed by atoms with E-state index in [9.17, 15) is 22.0 Å². The minimum Gasteiger partial charge on any atom is -0.381 e. The number of nitrogens with two attached hydrogens (primary N) is 1. The molecule has 0 spiro atoms. The van der Waals surface area contributed by atoms with E-state index < -0.39 is 34.8 Å². The van der Waals surface area contributed by atoms with Crippen LogP contribution in [0.5, 0.6) is 0 Å². The Labute approximate surface area is 110 Å². The van der Waals surface area contributed by atoms with Crippen molar-refractivity contribution < 1.29 is 22.0 Å². The molecule has 9 heteroatoms. The van der Waals surface area contributed by atoms with Crippen LogP contribution in [-0.4, -0.2) is 15.0 Å². The van der Waals surface area contributed by atoms with Crippen LogP contribution in [0.4, 0.5) is 27.8 Å². The van der Waals surface area contributed by atoms with Crippen molar-refractivity contribution in [1.82, 2.24) is 15.0 Å². The van der Waals surface area contributed by atoms with Crippen LogP contribution < -0.4 is 5.73 Å². The lowest BCUT2D eigenvalue weighted by Gasteiger charge is -2.10. The number of benzene rings is 1. The molecular formula is C11H9F5N4. The monoisotopic (exact) mass is 292 g/mol. The molecule has 0 saturated carbocycles. The van der Waals surface area contributed by atoms with Gasteiger partial charge in [0, 0.05) is 0 Å². The van der Waals surface area contributed by atoms with Gasteiger partial charge in [-0.3, -0.25) is 0 Å². The van der Waals surface area contributed by atoms with Gasteiger partial charge in [0.25, 0.3) is 0 Å². The van der Waals surface area contributed by atoms with Crippen molar-refractivity contribution in [3.63, 3.8) is 0 Å². The Morgan fingerprint density at radius 2 is 1.45 bits per heavy atom. The van der Waals surface area contributed by atoms with E-state index in [2.05, 4.69) is 10.3 Å². The first-order valence-electron chi connectivity index (χ1n) is 5.62. The first kappa shape index (κ1) is 14.2. The van der Waals surface area contributed by atoms with Crippen molar-refractivity contribution >= 4 is 5.82 Å².